The molecule has 1 aromatic rings. The fourth-order valence-electron chi connectivity index (χ4n) is 2.46. The van der Waals surface area contributed by atoms with Crippen molar-refractivity contribution in [2.45, 2.75) is 38.5 Å². The Morgan fingerprint density at radius 2 is 2.05 bits per heavy atom. The highest BCUT2D eigenvalue weighted by Crippen LogP contribution is 2.38. The quantitative estimate of drug-likeness (QED) is 0.357. The predicted molar refractivity (Wildman–Crippen MR) is 77.7 cm³/mol. The van der Waals surface area contributed by atoms with Crippen molar-refractivity contribution in [2.24, 2.45) is 5.84 Å². The van der Waals surface area contributed by atoms with Crippen molar-refractivity contribution in [3.8, 4) is 0 Å². The summed E-state index contributed by atoms with van der Waals surface area (Å²) in [6, 6.07) is 0. The van der Waals surface area contributed by atoms with Gasteiger partial charge in [-0.1, -0.05) is 0 Å². The molecule has 0 aliphatic heterocycles. The number of aliphatic carboxylic acids is 1. The zero-order valence-corrected chi connectivity index (χ0v) is 12.0. The summed E-state index contributed by atoms with van der Waals surface area (Å²) in [5.41, 5.74) is 4.39. The van der Waals surface area contributed by atoms with E-state index in [4.69, 9.17) is 10.9 Å². The molecule has 0 unspecified atom stereocenters. The van der Waals surface area contributed by atoms with Crippen molar-refractivity contribution in [1.82, 2.24) is 5.43 Å². The topological polar surface area (TPSA) is 104 Å². The molecule has 1 aromatic heterocycles. The van der Waals surface area contributed by atoms with E-state index in [0.29, 0.717) is 6.54 Å². The van der Waals surface area contributed by atoms with Crippen molar-refractivity contribution < 1.29 is 14.7 Å². The van der Waals surface area contributed by atoms with Crippen LogP contribution in [0.4, 0.5) is 5.00 Å². The van der Waals surface area contributed by atoms with Crippen LogP contribution in [0, 0.1) is 0 Å². The van der Waals surface area contributed by atoms with E-state index in [-0.39, 0.29) is 18.7 Å². The van der Waals surface area contributed by atoms with E-state index in [1.54, 1.807) is 11.3 Å². The van der Waals surface area contributed by atoms with Gasteiger partial charge in [0.15, 0.2) is 0 Å². The number of hydrazine groups is 1. The average Bonchev–Trinajstić information content (AvgIpc) is 2.76. The highest BCUT2D eigenvalue weighted by molar-refractivity contribution is 7.16. The van der Waals surface area contributed by atoms with Crippen LogP contribution in [-0.4, -0.2) is 23.5 Å². The van der Waals surface area contributed by atoms with E-state index in [1.807, 2.05) is 0 Å². The molecule has 1 amide bonds. The highest BCUT2D eigenvalue weighted by atomic mass is 32.1. The number of carboxylic acids is 1. The summed E-state index contributed by atoms with van der Waals surface area (Å²) in [4.78, 5) is 23.4. The number of carboxylic acid groups (broad SMARTS) is 1. The molecule has 0 saturated carbocycles. The fourth-order valence-corrected chi connectivity index (χ4v) is 3.79. The third kappa shape index (κ3) is 3.49. The lowest BCUT2D eigenvalue weighted by molar-refractivity contribution is -0.136. The first-order chi connectivity index (χ1) is 9.61. The predicted octanol–water partition coefficient (Wildman–Crippen LogP) is 1.05. The van der Waals surface area contributed by atoms with Crippen LogP contribution in [0.5, 0.6) is 0 Å². The second kappa shape index (κ2) is 6.71. The normalized spacial score (nSPS) is 13.7. The number of thiophene rings is 1. The molecular weight excluding hydrogens is 278 g/mol. The molecule has 7 heteroatoms. The summed E-state index contributed by atoms with van der Waals surface area (Å²) >= 11 is 1.64. The number of rotatable bonds is 6. The lowest BCUT2D eigenvalue weighted by Gasteiger charge is -2.12. The number of anilines is 1. The third-order valence-corrected chi connectivity index (χ3v) is 4.70. The second-order valence-corrected chi connectivity index (χ2v) is 5.94. The number of hydrogen-bond donors (Lipinski definition) is 4. The van der Waals surface area contributed by atoms with Crippen LogP contribution >= 0.6 is 11.3 Å². The van der Waals surface area contributed by atoms with E-state index in [1.165, 1.54) is 16.9 Å². The van der Waals surface area contributed by atoms with Gasteiger partial charge >= 0.3 is 5.97 Å². The Balaban J connectivity index is 2.17. The molecular formula is C13H19N3O3S. The minimum Gasteiger partial charge on any atom is -0.481 e. The van der Waals surface area contributed by atoms with Crippen molar-refractivity contribution in [3.05, 3.63) is 16.0 Å². The molecule has 110 valence electrons. The van der Waals surface area contributed by atoms with Gasteiger partial charge in [0, 0.05) is 11.4 Å². The zero-order chi connectivity index (χ0) is 14.5. The Hall–Kier alpha value is -1.60. The Morgan fingerprint density at radius 1 is 1.30 bits per heavy atom. The van der Waals surface area contributed by atoms with Crippen LogP contribution in [0.2, 0.25) is 0 Å². The number of nitrogens with one attached hydrogen (secondary N) is 2. The Labute approximate surface area is 121 Å². The van der Waals surface area contributed by atoms with Crippen LogP contribution in [0.15, 0.2) is 0 Å². The number of amides is 1. The Bertz CT molecular complexity index is 513. The summed E-state index contributed by atoms with van der Waals surface area (Å²) in [5.74, 6) is 4.10. The van der Waals surface area contributed by atoms with Gasteiger partial charge < -0.3 is 10.4 Å². The van der Waals surface area contributed by atoms with Gasteiger partial charge in [0.25, 0.3) is 0 Å². The molecule has 1 aliphatic rings. The molecule has 20 heavy (non-hydrogen) atoms. The molecule has 0 fully saturated rings. The molecule has 6 nitrogen and oxygen atoms in total. The van der Waals surface area contributed by atoms with Crippen molar-refractivity contribution in [2.75, 3.05) is 11.9 Å². The van der Waals surface area contributed by atoms with E-state index in [2.05, 4.69) is 10.7 Å². The summed E-state index contributed by atoms with van der Waals surface area (Å²) in [7, 11) is 0. The molecule has 0 spiro atoms. The average molecular weight is 297 g/mol. The molecule has 0 radical (unpaired) electrons. The van der Waals surface area contributed by atoms with Crippen LogP contribution in [0.3, 0.4) is 0 Å². The molecule has 0 saturated heterocycles. The second-order valence-electron chi connectivity index (χ2n) is 4.83. The maximum atomic E-state index is 11.5. The molecule has 0 atom stereocenters. The minimum atomic E-state index is -0.833. The van der Waals surface area contributed by atoms with Crippen LogP contribution in [-0.2, 0) is 28.9 Å². The third-order valence-electron chi connectivity index (χ3n) is 3.40. The monoisotopic (exact) mass is 297 g/mol. The van der Waals surface area contributed by atoms with Gasteiger partial charge in [-0.05, 0) is 36.8 Å². The van der Waals surface area contributed by atoms with Gasteiger partial charge in [-0.25, -0.2) is 5.84 Å². The number of nitrogens with two attached hydrogens (primary N) is 1. The molecule has 5 N–H and O–H groups in total. The lowest BCUT2D eigenvalue weighted by Crippen LogP contribution is -2.31. The number of hydrogen-bond acceptors (Lipinski definition) is 5. The van der Waals surface area contributed by atoms with Gasteiger partial charge in [-0.3, -0.25) is 15.0 Å². The first kappa shape index (κ1) is 14.8. The van der Waals surface area contributed by atoms with E-state index in [0.717, 1.165) is 29.8 Å². The van der Waals surface area contributed by atoms with Gasteiger partial charge in [0.1, 0.15) is 0 Å². The summed E-state index contributed by atoms with van der Waals surface area (Å²) < 4.78 is 0. The molecule has 0 bridgehead atoms. The van der Waals surface area contributed by atoms with Crippen LogP contribution < -0.4 is 16.6 Å². The van der Waals surface area contributed by atoms with E-state index in [9.17, 15) is 9.59 Å². The number of carbonyl (C=O) groups excluding carboxylic acids is 1. The number of aryl methyl sites for hydroxylation is 1. The fraction of sp³-hybridized carbons (Fsp3) is 0.538. The largest absolute Gasteiger partial charge is 0.481 e. The molecule has 0 aromatic carbocycles. The maximum Gasteiger partial charge on any atom is 0.305 e. The summed E-state index contributed by atoms with van der Waals surface area (Å²) in [5, 5.41) is 12.8. The number of carbonyl (C=O) groups is 2. The van der Waals surface area contributed by atoms with E-state index >= 15 is 0 Å². The Kier molecular flexibility index (Phi) is 4.97. The summed E-state index contributed by atoms with van der Waals surface area (Å²) in [6.45, 7) is 0.367. The van der Waals surface area contributed by atoms with Crippen molar-refractivity contribution in [1.29, 1.82) is 0 Å². The van der Waals surface area contributed by atoms with Gasteiger partial charge in [-0.15, -0.1) is 11.3 Å². The van der Waals surface area contributed by atoms with E-state index < -0.39 is 5.97 Å². The smallest absolute Gasteiger partial charge is 0.305 e. The first-order valence-electron chi connectivity index (χ1n) is 6.70. The summed E-state index contributed by atoms with van der Waals surface area (Å²) in [6.07, 6.45) is 4.64. The molecule has 2 rings (SSSR count). The SMILES string of the molecule is NNC(=O)Cc1c(NCCC(=O)O)sc2c1CCCC2. The number of fused-ring (bicyclic) bond motifs is 1. The van der Waals surface area contributed by atoms with Gasteiger partial charge in [0.2, 0.25) is 5.91 Å². The van der Waals surface area contributed by atoms with Crippen molar-refractivity contribution >= 4 is 28.2 Å². The maximum absolute atomic E-state index is 11.5. The zero-order valence-electron chi connectivity index (χ0n) is 11.2. The standard InChI is InChI=1S/C13H19N3O3S/c14-16-11(17)7-9-8-3-1-2-4-10(8)20-13(9)15-6-5-12(18)19/h15H,1-7,14H2,(H,16,17)(H,18,19). The molecule has 1 heterocycles. The van der Waals surface area contributed by atoms with Gasteiger partial charge in [0.05, 0.1) is 17.8 Å². The van der Waals surface area contributed by atoms with Gasteiger partial charge in [-0.2, -0.15) is 0 Å². The van der Waals surface area contributed by atoms with Crippen LogP contribution in [0.25, 0.3) is 0 Å². The highest BCUT2D eigenvalue weighted by Gasteiger charge is 2.22. The molecule has 1 aliphatic carbocycles. The first-order valence-corrected chi connectivity index (χ1v) is 7.52. The lowest BCUT2D eigenvalue weighted by atomic mass is 9.94. The van der Waals surface area contributed by atoms with Crippen LogP contribution in [0.1, 0.15) is 35.3 Å². The Morgan fingerprint density at radius 3 is 2.75 bits per heavy atom. The van der Waals surface area contributed by atoms with Crippen molar-refractivity contribution in [3.63, 3.8) is 0 Å². The minimum absolute atomic E-state index is 0.0606.